The Kier molecular flexibility index (Phi) is 4.04. The molecule has 0 aliphatic carbocycles. The van der Waals surface area contributed by atoms with E-state index in [2.05, 4.69) is 20.4 Å². The molecule has 0 radical (unpaired) electrons. The number of aliphatic hydroxyl groups is 1. The number of hydrogen-bond donors (Lipinski definition) is 3. The van der Waals surface area contributed by atoms with Crippen molar-refractivity contribution in [3.63, 3.8) is 0 Å². The number of aliphatic carboxylic acids is 1. The summed E-state index contributed by atoms with van der Waals surface area (Å²) in [5.41, 5.74) is -2.18. The van der Waals surface area contributed by atoms with E-state index in [-0.39, 0.29) is 6.92 Å². The number of fused-ring (bicyclic) bond motifs is 1. The van der Waals surface area contributed by atoms with Crippen LogP contribution in [0.2, 0.25) is 0 Å². The highest BCUT2D eigenvalue weighted by Crippen LogP contribution is 2.29. The van der Waals surface area contributed by atoms with Crippen molar-refractivity contribution in [3.05, 3.63) is 18.3 Å². The first-order valence-electron chi connectivity index (χ1n) is 4.80. The minimum Gasteiger partial charge on any atom is -0.479 e. The van der Waals surface area contributed by atoms with Crippen LogP contribution in [0, 0.1) is 0 Å². The summed E-state index contributed by atoms with van der Waals surface area (Å²) < 4.78 is 34.4. The molecular formula is C9H9F3N4O3. The molecule has 104 valence electrons. The molecule has 2 aromatic rings. The number of nitrogens with zero attached hydrogens (tertiary/aromatic N) is 3. The lowest BCUT2D eigenvalue weighted by Gasteiger charge is -2.20. The van der Waals surface area contributed by atoms with Gasteiger partial charge >= 0.3 is 12.1 Å². The van der Waals surface area contributed by atoms with Crippen molar-refractivity contribution in [2.75, 3.05) is 0 Å². The molecular weight excluding hydrogens is 269 g/mol. The van der Waals surface area contributed by atoms with Crippen LogP contribution in [0.15, 0.2) is 18.3 Å². The number of aromatic nitrogens is 4. The Morgan fingerprint density at radius 1 is 1.37 bits per heavy atom. The zero-order chi connectivity index (χ0) is 14.7. The number of alkyl halides is 3. The van der Waals surface area contributed by atoms with Crippen LogP contribution in [0.5, 0.6) is 0 Å². The van der Waals surface area contributed by atoms with Crippen molar-refractivity contribution in [1.29, 1.82) is 0 Å². The van der Waals surface area contributed by atoms with Crippen LogP contribution < -0.4 is 0 Å². The Morgan fingerprint density at radius 2 is 2.00 bits per heavy atom. The van der Waals surface area contributed by atoms with Crippen molar-refractivity contribution < 1.29 is 28.2 Å². The summed E-state index contributed by atoms with van der Waals surface area (Å²) in [6.07, 6.45) is -3.44. The van der Waals surface area contributed by atoms with Gasteiger partial charge in [-0.2, -0.15) is 23.5 Å². The van der Waals surface area contributed by atoms with Crippen LogP contribution in [0.1, 0.15) is 6.92 Å². The molecule has 7 nitrogen and oxygen atoms in total. The summed E-state index contributed by atoms with van der Waals surface area (Å²) in [5.74, 6) is -2.31. The van der Waals surface area contributed by atoms with Gasteiger partial charge in [-0.1, -0.05) is 0 Å². The van der Waals surface area contributed by atoms with Gasteiger partial charge in [0.05, 0.1) is 0 Å². The van der Waals surface area contributed by atoms with Crippen LogP contribution in [-0.2, 0) is 4.79 Å². The average molecular weight is 278 g/mol. The highest BCUT2D eigenvalue weighted by molar-refractivity contribution is 5.77. The van der Waals surface area contributed by atoms with Crippen molar-refractivity contribution in [2.24, 2.45) is 0 Å². The predicted molar refractivity (Wildman–Crippen MR) is 56.0 cm³/mol. The third-order valence-corrected chi connectivity index (χ3v) is 2.06. The normalized spacial score (nSPS) is 14.4. The van der Waals surface area contributed by atoms with Gasteiger partial charge in [-0.3, -0.25) is 0 Å². The van der Waals surface area contributed by atoms with E-state index in [9.17, 15) is 18.0 Å². The van der Waals surface area contributed by atoms with Gasteiger partial charge in [-0.25, -0.2) is 9.78 Å². The third kappa shape index (κ3) is 3.37. The number of halogens is 3. The maximum atomic E-state index is 11.5. The molecule has 2 aromatic heterocycles. The molecule has 0 unspecified atom stereocenters. The van der Waals surface area contributed by atoms with Gasteiger partial charge in [0.25, 0.3) is 5.60 Å². The van der Waals surface area contributed by atoms with Crippen LogP contribution in [0.4, 0.5) is 13.2 Å². The monoisotopic (exact) mass is 278 g/mol. The number of carbonyl (C=O) groups is 1. The predicted octanol–water partition coefficient (Wildman–Crippen LogP) is 0.737. The Bertz CT molecular complexity index is 537. The molecule has 0 bridgehead atoms. The van der Waals surface area contributed by atoms with E-state index in [1.807, 2.05) is 12.1 Å². The van der Waals surface area contributed by atoms with E-state index in [4.69, 9.17) is 10.2 Å². The number of nitrogens with one attached hydrogen (secondary N) is 1. The second kappa shape index (κ2) is 5.18. The van der Waals surface area contributed by atoms with Gasteiger partial charge < -0.3 is 10.2 Å². The molecule has 1 atom stereocenters. The lowest BCUT2D eigenvalue weighted by Crippen LogP contribution is -2.49. The molecule has 0 aliphatic rings. The summed E-state index contributed by atoms with van der Waals surface area (Å²) >= 11 is 0. The van der Waals surface area contributed by atoms with Crippen molar-refractivity contribution in [3.8, 4) is 0 Å². The first-order chi connectivity index (χ1) is 8.66. The van der Waals surface area contributed by atoms with Gasteiger partial charge in [-0.05, 0) is 19.1 Å². The molecule has 10 heteroatoms. The maximum Gasteiger partial charge on any atom is 0.427 e. The number of hydrogen-bond acceptors (Lipinski definition) is 5. The lowest BCUT2D eigenvalue weighted by atomic mass is 10.1. The van der Waals surface area contributed by atoms with Gasteiger partial charge in [0.2, 0.25) is 5.65 Å². The second-order valence-corrected chi connectivity index (χ2v) is 3.54. The quantitative estimate of drug-likeness (QED) is 0.709. The zero-order valence-electron chi connectivity index (χ0n) is 9.51. The molecule has 0 fully saturated rings. The molecule has 0 saturated heterocycles. The molecule has 0 amide bonds. The number of pyridine rings is 1. The Hall–Kier alpha value is -2.23. The van der Waals surface area contributed by atoms with E-state index in [0.717, 1.165) is 5.52 Å². The van der Waals surface area contributed by atoms with Gasteiger partial charge in [0.15, 0.2) is 0 Å². The summed E-state index contributed by atoms with van der Waals surface area (Å²) in [6.45, 7) is 0.176. The molecule has 0 spiro atoms. The fourth-order valence-corrected chi connectivity index (χ4v) is 0.809. The number of H-pyrrole nitrogens is 1. The Balaban J connectivity index is 0.000000190. The van der Waals surface area contributed by atoms with E-state index in [1.54, 1.807) is 6.20 Å². The molecule has 2 rings (SSSR count). The lowest BCUT2D eigenvalue weighted by molar-refractivity contribution is -0.253. The van der Waals surface area contributed by atoms with E-state index in [1.165, 1.54) is 0 Å². The van der Waals surface area contributed by atoms with Crippen molar-refractivity contribution in [1.82, 2.24) is 20.4 Å². The van der Waals surface area contributed by atoms with Gasteiger partial charge in [-0.15, -0.1) is 5.10 Å². The summed E-state index contributed by atoms with van der Waals surface area (Å²) in [7, 11) is 0. The smallest absolute Gasteiger partial charge is 0.427 e. The van der Waals surface area contributed by atoms with Gasteiger partial charge in [0.1, 0.15) is 5.52 Å². The standard InChI is InChI=1S/C5H4N4.C4H5F3O3/c1-2-4-5(6-3-1)8-9-7-4;1-3(10,2(8)9)4(5,6)7/h1-3H,(H,6,7,8,9);10H,1H3,(H,8,9)/t;3-/m.1/s1. The molecule has 2 heterocycles. The van der Waals surface area contributed by atoms with E-state index in [0.29, 0.717) is 5.65 Å². The largest absolute Gasteiger partial charge is 0.479 e. The number of carboxylic acids is 1. The molecule has 0 saturated carbocycles. The first kappa shape index (κ1) is 14.8. The van der Waals surface area contributed by atoms with E-state index >= 15 is 0 Å². The van der Waals surface area contributed by atoms with Crippen LogP contribution >= 0.6 is 0 Å². The highest BCUT2D eigenvalue weighted by Gasteiger charge is 2.56. The summed E-state index contributed by atoms with van der Waals surface area (Å²) in [5, 5.41) is 26.1. The average Bonchev–Trinajstić information content (AvgIpc) is 2.76. The topological polar surface area (TPSA) is 112 Å². The fourth-order valence-electron chi connectivity index (χ4n) is 0.809. The third-order valence-electron chi connectivity index (χ3n) is 2.06. The van der Waals surface area contributed by atoms with Crippen molar-refractivity contribution >= 4 is 17.1 Å². The van der Waals surface area contributed by atoms with Crippen LogP contribution in [-0.4, -0.2) is 48.4 Å². The zero-order valence-corrected chi connectivity index (χ0v) is 9.51. The SMILES string of the molecule is C[C@@](O)(C(=O)O)C(F)(F)F.c1cnc2n[nH]nc2c1. The maximum absolute atomic E-state index is 11.5. The number of aromatic amines is 1. The Morgan fingerprint density at radius 3 is 2.42 bits per heavy atom. The van der Waals surface area contributed by atoms with Crippen LogP contribution in [0.25, 0.3) is 11.2 Å². The van der Waals surface area contributed by atoms with E-state index < -0.39 is 17.7 Å². The molecule has 19 heavy (non-hydrogen) atoms. The number of rotatable bonds is 1. The van der Waals surface area contributed by atoms with Crippen LogP contribution in [0.3, 0.4) is 0 Å². The second-order valence-electron chi connectivity index (χ2n) is 3.54. The summed E-state index contributed by atoms with van der Waals surface area (Å²) in [4.78, 5) is 13.6. The fraction of sp³-hybridized carbons (Fsp3) is 0.333. The van der Waals surface area contributed by atoms with Crippen molar-refractivity contribution in [2.45, 2.75) is 18.7 Å². The van der Waals surface area contributed by atoms with Gasteiger partial charge in [0, 0.05) is 6.20 Å². The minimum atomic E-state index is -5.13. The highest BCUT2D eigenvalue weighted by atomic mass is 19.4. The molecule has 3 N–H and O–H groups in total. The first-order valence-corrected chi connectivity index (χ1v) is 4.80. The summed E-state index contributed by atoms with van der Waals surface area (Å²) in [6, 6.07) is 3.68. The Labute approximate surface area is 104 Å². The number of carboxylic acid groups (broad SMARTS) is 1. The molecule has 0 aromatic carbocycles. The minimum absolute atomic E-state index is 0.176. The molecule has 0 aliphatic heterocycles.